The van der Waals surface area contributed by atoms with Crippen LogP contribution in [0, 0.1) is 0 Å². The maximum Gasteiger partial charge on any atom is 0.407 e. The highest BCUT2D eigenvalue weighted by molar-refractivity contribution is 5.68. The molecule has 3 atom stereocenters. The van der Waals surface area contributed by atoms with Gasteiger partial charge in [0, 0.05) is 37.8 Å². The van der Waals surface area contributed by atoms with Gasteiger partial charge in [0.25, 0.3) is 0 Å². The van der Waals surface area contributed by atoms with E-state index < -0.39 is 5.60 Å². The maximum absolute atomic E-state index is 12.0. The first-order valence-electron chi connectivity index (χ1n) is 8.28. The lowest BCUT2D eigenvalue weighted by atomic mass is 10.1. The van der Waals surface area contributed by atoms with Crippen LogP contribution in [0.5, 0.6) is 0 Å². The molecule has 3 unspecified atom stereocenters. The first kappa shape index (κ1) is 19.2. The molecule has 1 saturated heterocycles. The van der Waals surface area contributed by atoms with Gasteiger partial charge in [-0.1, -0.05) is 0 Å². The van der Waals surface area contributed by atoms with Crippen molar-refractivity contribution < 1.29 is 9.53 Å². The Bertz CT molecular complexity index is 357. The third kappa shape index (κ3) is 6.10. The monoisotopic (exact) mass is 314 g/mol. The van der Waals surface area contributed by atoms with Gasteiger partial charge in [0.1, 0.15) is 5.60 Å². The standard InChI is InChI=1S/C16H34N4O2/c1-12-11-19(6)8-7-9-20(12)14(10-17)13(2)18-15(21)22-16(3,4)5/h12-14H,7-11,17H2,1-6H3,(H,18,21). The van der Waals surface area contributed by atoms with Crippen molar-refractivity contribution >= 4 is 6.09 Å². The van der Waals surface area contributed by atoms with E-state index in [4.69, 9.17) is 10.5 Å². The molecule has 1 fully saturated rings. The normalized spacial score (nSPS) is 24.4. The van der Waals surface area contributed by atoms with Crippen LogP contribution < -0.4 is 11.1 Å². The molecule has 130 valence electrons. The van der Waals surface area contributed by atoms with Crippen LogP contribution in [0.4, 0.5) is 4.79 Å². The van der Waals surface area contributed by atoms with E-state index in [0.717, 1.165) is 26.1 Å². The van der Waals surface area contributed by atoms with Gasteiger partial charge < -0.3 is 20.7 Å². The van der Waals surface area contributed by atoms with E-state index in [9.17, 15) is 4.79 Å². The number of carbonyl (C=O) groups excluding carboxylic acids is 1. The molecule has 0 aromatic carbocycles. The molecule has 1 aliphatic rings. The Balaban J connectivity index is 2.67. The lowest BCUT2D eigenvalue weighted by molar-refractivity contribution is 0.0451. The largest absolute Gasteiger partial charge is 0.444 e. The van der Waals surface area contributed by atoms with Gasteiger partial charge in [0.05, 0.1) is 0 Å². The predicted octanol–water partition coefficient (Wildman–Crippen LogP) is 1.25. The summed E-state index contributed by atoms with van der Waals surface area (Å²) in [5, 5.41) is 2.94. The number of hydrogen-bond acceptors (Lipinski definition) is 5. The number of carbonyl (C=O) groups is 1. The maximum atomic E-state index is 12.0. The van der Waals surface area contributed by atoms with Gasteiger partial charge in [-0.2, -0.15) is 0 Å². The number of amides is 1. The van der Waals surface area contributed by atoms with Crippen molar-refractivity contribution in [3.05, 3.63) is 0 Å². The number of rotatable bonds is 4. The summed E-state index contributed by atoms with van der Waals surface area (Å²) in [5.74, 6) is 0. The van der Waals surface area contributed by atoms with E-state index in [0.29, 0.717) is 12.6 Å². The van der Waals surface area contributed by atoms with Crippen molar-refractivity contribution in [3.63, 3.8) is 0 Å². The molecule has 0 saturated carbocycles. The van der Waals surface area contributed by atoms with Crippen molar-refractivity contribution in [1.82, 2.24) is 15.1 Å². The molecule has 0 aliphatic carbocycles. The molecule has 6 heteroatoms. The minimum atomic E-state index is -0.485. The number of nitrogens with one attached hydrogen (secondary N) is 1. The molecular formula is C16H34N4O2. The number of alkyl carbamates (subject to hydrolysis) is 1. The van der Waals surface area contributed by atoms with Crippen molar-refractivity contribution in [2.45, 2.75) is 64.8 Å². The van der Waals surface area contributed by atoms with Gasteiger partial charge in [0.15, 0.2) is 0 Å². The molecule has 3 N–H and O–H groups in total. The molecule has 1 aliphatic heterocycles. The number of likely N-dealkylation sites (N-methyl/N-ethyl adjacent to an activating group) is 1. The van der Waals surface area contributed by atoms with Crippen LogP contribution in [0.2, 0.25) is 0 Å². The average Bonchev–Trinajstić information content (AvgIpc) is 2.49. The van der Waals surface area contributed by atoms with Crippen LogP contribution in [0.3, 0.4) is 0 Å². The third-order valence-electron chi connectivity index (χ3n) is 4.09. The Morgan fingerprint density at radius 2 is 2.05 bits per heavy atom. The Morgan fingerprint density at radius 1 is 1.41 bits per heavy atom. The lowest BCUT2D eigenvalue weighted by Crippen LogP contribution is -2.57. The fraction of sp³-hybridized carbons (Fsp3) is 0.938. The quantitative estimate of drug-likeness (QED) is 0.817. The van der Waals surface area contributed by atoms with Crippen LogP contribution in [0.25, 0.3) is 0 Å². The fourth-order valence-electron chi connectivity index (χ4n) is 3.10. The van der Waals surface area contributed by atoms with Gasteiger partial charge in [-0.3, -0.25) is 4.90 Å². The van der Waals surface area contributed by atoms with E-state index >= 15 is 0 Å². The van der Waals surface area contributed by atoms with E-state index in [1.54, 1.807) is 0 Å². The van der Waals surface area contributed by atoms with E-state index in [1.807, 2.05) is 27.7 Å². The molecular weight excluding hydrogens is 280 g/mol. The van der Waals surface area contributed by atoms with Gasteiger partial charge in [-0.15, -0.1) is 0 Å². The van der Waals surface area contributed by atoms with Gasteiger partial charge >= 0.3 is 6.09 Å². The molecule has 1 amide bonds. The Kier molecular flexibility index (Phi) is 7.09. The first-order valence-corrected chi connectivity index (χ1v) is 8.28. The predicted molar refractivity (Wildman–Crippen MR) is 90.0 cm³/mol. The fourth-order valence-corrected chi connectivity index (χ4v) is 3.10. The highest BCUT2D eigenvalue weighted by Crippen LogP contribution is 2.15. The molecule has 0 aromatic rings. The van der Waals surface area contributed by atoms with Crippen LogP contribution in [0.1, 0.15) is 41.0 Å². The second-order valence-electron chi connectivity index (χ2n) is 7.44. The van der Waals surface area contributed by atoms with Gasteiger partial charge in [-0.05, 0) is 54.6 Å². The third-order valence-corrected chi connectivity index (χ3v) is 4.09. The molecule has 0 radical (unpaired) electrons. The van der Waals surface area contributed by atoms with E-state index in [1.165, 1.54) is 0 Å². The summed E-state index contributed by atoms with van der Waals surface area (Å²) >= 11 is 0. The van der Waals surface area contributed by atoms with Crippen molar-refractivity contribution in [2.75, 3.05) is 33.2 Å². The zero-order valence-corrected chi connectivity index (χ0v) is 15.1. The summed E-state index contributed by atoms with van der Waals surface area (Å²) in [6.07, 6.45) is 0.745. The topological polar surface area (TPSA) is 70.8 Å². The van der Waals surface area contributed by atoms with Crippen LogP contribution in [-0.4, -0.2) is 72.8 Å². The molecule has 1 heterocycles. The van der Waals surface area contributed by atoms with E-state index in [-0.39, 0.29) is 18.2 Å². The molecule has 6 nitrogen and oxygen atoms in total. The summed E-state index contributed by atoms with van der Waals surface area (Å²) in [6.45, 7) is 13.5. The highest BCUT2D eigenvalue weighted by atomic mass is 16.6. The number of nitrogens with zero attached hydrogens (tertiary/aromatic N) is 2. The first-order chi connectivity index (χ1) is 10.1. The summed E-state index contributed by atoms with van der Waals surface area (Å²) in [5.41, 5.74) is 5.52. The van der Waals surface area contributed by atoms with E-state index in [2.05, 4.69) is 29.1 Å². The summed E-state index contributed by atoms with van der Waals surface area (Å²) in [4.78, 5) is 16.7. The van der Waals surface area contributed by atoms with Gasteiger partial charge in [0.2, 0.25) is 0 Å². The zero-order valence-electron chi connectivity index (χ0n) is 15.1. The SMILES string of the molecule is CC(NC(=O)OC(C)(C)C)C(CN)N1CCCN(C)CC1C. The summed E-state index contributed by atoms with van der Waals surface area (Å²) in [7, 11) is 2.15. The number of nitrogens with two attached hydrogens (primary N) is 1. The smallest absolute Gasteiger partial charge is 0.407 e. The van der Waals surface area contributed by atoms with Gasteiger partial charge in [-0.25, -0.2) is 4.79 Å². The molecule has 1 rings (SSSR count). The van der Waals surface area contributed by atoms with Crippen molar-refractivity contribution in [1.29, 1.82) is 0 Å². The molecule has 0 aromatic heterocycles. The molecule has 0 spiro atoms. The van der Waals surface area contributed by atoms with Crippen molar-refractivity contribution in [3.8, 4) is 0 Å². The summed E-state index contributed by atoms with van der Waals surface area (Å²) in [6, 6.07) is 0.490. The minimum Gasteiger partial charge on any atom is -0.444 e. The molecule has 0 bridgehead atoms. The lowest BCUT2D eigenvalue weighted by Gasteiger charge is -2.38. The number of ether oxygens (including phenoxy) is 1. The summed E-state index contributed by atoms with van der Waals surface area (Å²) < 4.78 is 5.34. The Labute approximate surface area is 135 Å². The van der Waals surface area contributed by atoms with Crippen LogP contribution >= 0.6 is 0 Å². The van der Waals surface area contributed by atoms with Crippen molar-refractivity contribution in [2.24, 2.45) is 5.73 Å². The average molecular weight is 314 g/mol. The Hall–Kier alpha value is -0.850. The highest BCUT2D eigenvalue weighted by Gasteiger charge is 2.30. The Morgan fingerprint density at radius 3 is 2.59 bits per heavy atom. The van der Waals surface area contributed by atoms with Crippen LogP contribution in [0.15, 0.2) is 0 Å². The number of hydrogen-bond donors (Lipinski definition) is 2. The second kappa shape index (κ2) is 8.13. The van der Waals surface area contributed by atoms with Crippen LogP contribution in [-0.2, 0) is 4.74 Å². The molecule has 22 heavy (non-hydrogen) atoms. The second-order valence-corrected chi connectivity index (χ2v) is 7.44. The minimum absolute atomic E-state index is 0.0503. The zero-order chi connectivity index (χ0) is 16.9.